The summed E-state index contributed by atoms with van der Waals surface area (Å²) >= 11 is 3.98. The van der Waals surface area contributed by atoms with Crippen molar-refractivity contribution >= 4 is 21.8 Å². The molecule has 0 spiro atoms. The number of aryl methyl sites for hydroxylation is 1. The van der Waals surface area contributed by atoms with Gasteiger partial charge < -0.3 is 9.88 Å². The molecule has 22 heavy (non-hydrogen) atoms. The summed E-state index contributed by atoms with van der Waals surface area (Å²) in [5, 5.41) is 3.23. The normalized spacial score (nSPS) is 39.1. The van der Waals surface area contributed by atoms with Crippen LogP contribution in [0, 0.1) is 17.3 Å². The Morgan fingerprint density at radius 2 is 2.09 bits per heavy atom. The molecule has 5 heteroatoms. The highest BCUT2D eigenvalue weighted by Gasteiger charge is 2.59. The first kappa shape index (κ1) is 14.7. The van der Waals surface area contributed by atoms with E-state index in [1.165, 1.54) is 19.3 Å². The standard InChI is InChI=1S/C17H24BrN3O/c18-17-9-13-6-14(10-17)8-16(7-13,11-17)15(22)20-2-1-4-21-5-3-19-12-21/h3,5,12-14H,1-2,4,6-11H2,(H,20,22). The highest BCUT2D eigenvalue weighted by Crippen LogP contribution is 2.64. The maximum absolute atomic E-state index is 12.8. The highest BCUT2D eigenvalue weighted by atomic mass is 79.9. The fraction of sp³-hybridized carbons (Fsp3) is 0.765. The Morgan fingerprint density at radius 1 is 1.32 bits per heavy atom. The molecule has 2 atom stereocenters. The van der Waals surface area contributed by atoms with Crippen molar-refractivity contribution in [2.45, 2.75) is 55.8 Å². The lowest BCUT2D eigenvalue weighted by Gasteiger charge is -2.59. The van der Waals surface area contributed by atoms with Gasteiger partial charge in [0.2, 0.25) is 5.91 Å². The summed E-state index contributed by atoms with van der Waals surface area (Å²) in [6.45, 7) is 1.68. The fourth-order valence-corrected chi connectivity index (χ4v) is 6.94. The fourth-order valence-electron chi connectivity index (χ4n) is 5.49. The van der Waals surface area contributed by atoms with Crippen molar-refractivity contribution in [3.05, 3.63) is 18.7 Å². The quantitative estimate of drug-likeness (QED) is 0.643. The predicted octanol–water partition coefficient (Wildman–Crippen LogP) is 3.12. The largest absolute Gasteiger partial charge is 0.356 e. The van der Waals surface area contributed by atoms with Gasteiger partial charge in [0, 0.05) is 29.8 Å². The van der Waals surface area contributed by atoms with Gasteiger partial charge in [0.1, 0.15) is 0 Å². The Hall–Kier alpha value is -0.840. The molecule has 4 nitrogen and oxygen atoms in total. The summed E-state index contributed by atoms with van der Waals surface area (Å²) in [6, 6.07) is 0. The molecule has 1 amide bonds. The number of amides is 1. The molecule has 120 valence electrons. The molecule has 1 aromatic heterocycles. The van der Waals surface area contributed by atoms with Gasteiger partial charge in [-0.1, -0.05) is 15.9 Å². The number of carbonyl (C=O) groups excluding carboxylic acids is 1. The van der Waals surface area contributed by atoms with Gasteiger partial charge in [0.15, 0.2) is 0 Å². The van der Waals surface area contributed by atoms with Crippen molar-refractivity contribution in [1.82, 2.24) is 14.9 Å². The van der Waals surface area contributed by atoms with E-state index in [9.17, 15) is 4.79 Å². The second-order valence-electron chi connectivity index (χ2n) is 7.80. The first-order valence-corrected chi connectivity index (χ1v) is 9.29. The van der Waals surface area contributed by atoms with Crippen LogP contribution in [0.1, 0.15) is 44.9 Å². The molecular formula is C17H24BrN3O. The number of nitrogens with zero attached hydrogens (tertiary/aromatic N) is 2. The average Bonchev–Trinajstić information content (AvgIpc) is 2.93. The Labute approximate surface area is 140 Å². The topological polar surface area (TPSA) is 46.9 Å². The zero-order chi connectivity index (χ0) is 15.2. The molecule has 4 saturated carbocycles. The maximum atomic E-state index is 12.8. The van der Waals surface area contributed by atoms with Crippen LogP contribution in [0.4, 0.5) is 0 Å². The van der Waals surface area contributed by atoms with Gasteiger partial charge >= 0.3 is 0 Å². The molecule has 4 fully saturated rings. The third kappa shape index (κ3) is 2.61. The van der Waals surface area contributed by atoms with E-state index in [1.54, 1.807) is 6.20 Å². The first-order valence-electron chi connectivity index (χ1n) is 8.50. The molecule has 0 radical (unpaired) electrons. The number of hydrogen-bond donors (Lipinski definition) is 1. The molecule has 0 saturated heterocycles. The van der Waals surface area contributed by atoms with Gasteiger partial charge in [0.05, 0.1) is 11.7 Å². The number of aromatic nitrogens is 2. The molecule has 1 aromatic rings. The van der Waals surface area contributed by atoms with Crippen LogP contribution in [0.25, 0.3) is 0 Å². The van der Waals surface area contributed by atoms with E-state index in [1.807, 2.05) is 12.5 Å². The average molecular weight is 366 g/mol. The smallest absolute Gasteiger partial charge is 0.226 e. The lowest BCUT2D eigenvalue weighted by molar-refractivity contribution is -0.144. The van der Waals surface area contributed by atoms with Crippen LogP contribution in [0.3, 0.4) is 0 Å². The number of rotatable bonds is 5. The van der Waals surface area contributed by atoms with E-state index in [0.29, 0.717) is 5.91 Å². The van der Waals surface area contributed by atoms with Crippen molar-refractivity contribution in [2.24, 2.45) is 17.3 Å². The lowest BCUT2D eigenvalue weighted by Crippen LogP contribution is -2.58. The van der Waals surface area contributed by atoms with Crippen molar-refractivity contribution in [3.8, 4) is 0 Å². The molecule has 4 aliphatic rings. The number of carbonyl (C=O) groups is 1. The van der Waals surface area contributed by atoms with Gasteiger partial charge in [-0.3, -0.25) is 4.79 Å². The van der Waals surface area contributed by atoms with E-state index in [2.05, 4.69) is 30.8 Å². The van der Waals surface area contributed by atoms with Gasteiger partial charge in [-0.05, 0) is 56.8 Å². The van der Waals surface area contributed by atoms with Gasteiger partial charge in [-0.2, -0.15) is 0 Å². The molecule has 0 aliphatic heterocycles. The van der Waals surface area contributed by atoms with Crippen molar-refractivity contribution in [1.29, 1.82) is 0 Å². The zero-order valence-electron chi connectivity index (χ0n) is 12.9. The Bertz CT molecular complexity index is 542. The maximum Gasteiger partial charge on any atom is 0.226 e. The minimum atomic E-state index is -0.0808. The Morgan fingerprint density at radius 3 is 2.73 bits per heavy atom. The van der Waals surface area contributed by atoms with Crippen LogP contribution in [0.5, 0.6) is 0 Å². The minimum absolute atomic E-state index is 0.0808. The highest BCUT2D eigenvalue weighted by molar-refractivity contribution is 9.10. The van der Waals surface area contributed by atoms with E-state index < -0.39 is 0 Å². The first-order chi connectivity index (χ1) is 10.6. The molecule has 1 N–H and O–H groups in total. The van der Waals surface area contributed by atoms with Crippen molar-refractivity contribution < 1.29 is 4.79 Å². The summed E-state index contributed by atoms with van der Waals surface area (Å²) in [7, 11) is 0. The van der Waals surface area contributed by atoms with E-state index in [-0.39, 0.29) is 9.74 Å². The second-order valence-corrected chi connectivity index (χ2v) is 9.48. The molecule has 2 unspecified atom stereocenters. The van der Waals surface area contributed by atoms with Gasteiger partial charge in [-0.25, -0.2) is 4.98 Å². The number of halogens is 1. The van der Waals surface area contributed by atoms with Crippen LogP contribution in [-0.2, 0) is 11.3 Å². The van der Waals surface area contributed by atoms with Crippen LogP contribution < -0.4 is 5.32 Å². The Kier molecular flexibility index (Phi) is 3.59. The SMILES string of the molecule is O=C(NCCCn1ccnc1)C12CC3CC(CC(Br)(C3)C1)C2. The molecule has 4 aliphatic carbocycles. The summed E-state index contributed by atoms with van der Waals surface area (Å²) < 4.78 is 2.32. The minimum Gasteiger partial charge on any atom is -0.356 e. The summed E-state index contributed by atoms with van der Waals surface area (Å²) in [5.74, 6) is 1.84. The number of nitrogens with one attached hydrogen (secondary N) is 1. The zero-order valence-corrected chi connectivity index (χ0v) is 14.5. The Balaban J connectivity index is 1.34. The molecule has 4 bridgehead atoms. The summed E-state index contributed by atoms with van der Waals surface area (Å²) in [6.07, 6.45) is 13.7. The van der Waals surface area contributed by atoms with Crippen molar-refractivity contribution in [2.75, 3.05) is 6.54 Å². The van der Waals surface area contributed by atoms with Crippen LogP contribution in [-0.4, -0.2) is 26.3 Å². The number of hydrogen-bond acceptors (Lipinski definition) is 2. The molecule has 0 aromatic carbocycles. The monoisotopic (exact) mass is 365 g/mol. The van der Waals surface area contributed by atoms with Crippen LogP contribution >= 0.6 is 15.9 Å². The summed E-state index contributed by atoms with van der Waals surface area (Å²) in [5.41, 5.74) is -0.0808. The predicted molar refractivity (Wildman–Crippen MR) is 88.6 cm³/mol. The van der Waals surface area contributed by atoms with Crippen LogP contribution in [0.15, 0.2) is 18.7 Å². The molecular weight excluding hydrogens is 342 g/mol. The third-order valence-electron chi connectivity index (χ3n) is 5.91. The third-order valence-corrected chi connectivity index (χ3v) is 6.84. The number of imidazole rings is 1. The van der Waals surface area contributed by atoms with Gasteiger partial charge in [0.25, 0.3) is 0 Å². The van der Waals surface area contributed by atoms with E-state index in [0.717, 1.165) is 50.6 Å². The van der Waals surface area contributed by atoms with Crippen LogP contribution in [0.2, 0.25) is 0 Å². The molecule has 5 rings (SSSR count). The second kappa shape index (κ2) is 5.36. The van der Waals surface area contributed by atoms with E-state index >= 15 is 0 Å². The summed E-state index contributed by atoms with van der Waals surface area (Å²) in [4.78, 5) is 16.9. The van der Waals surface area contributed by atoms with E-state index in [4.69, 9.17) is 0 Å². The lowest BCUT2D eigenvalue weighted by atomic mass is 9.49. The molecule has 1 heterocycles. The van der Waals surface area contributed by atoms with Crippen molar-refractivity contribution in [3.63, 3.8) is 0 Å². The van der Waals surface area contributed by atoms with Gasteiger partial charge in [-0.15, -0.1) is 0 Å². The number of alkyl halides is 1.